The molecule has 146 valence electrons. The van der Waals surface area contributed by atoms with Crippen LogP contribution >= 0.6 is 34.9 Å². The zero-order valence-corrected chi connectivity index (χ0v) is 18.0. The minimum atomic E-state index is -0.313. The van der Waals surface area contributed by atoms with E-state index in [9.17, 15) is 9.59 Å². The van der Waals surface area contributed by atoms with E-state index < -0.39 is 0 Å². The summed E-state index contributed by atoms with van der Waals surface area (Å²) in [4.78, 5) is 32.1. The highest BCUT2D eigenvalue weighted by Crippen LogP contribution is 2.40. The third-order valence-electron chi connectivity index (χ3n) is 5.70. The molecular formula is C21H22N2O2S3. The second kappa shape index (κ2) is 7.76. The predicted octanol–water partition coefficient (Wildman–Crippen LogP) is 3.60. The molecule has 0 N–H and O–H groups in total. The van der Waals surface area contributed by atoms with Crippen molar-refractivity contribution in [2.24, 2.45) is 0 Å². The Bertz CT molecular complexity index is 920. The Kier molecular flexibility index (Phi) is 5.15. The van der Waals surface area contributed by atoms with Crippen molar-refractivity contribution in [3.05, 3.63) is 46.3 Å². The van der Waals surface area contributed by atoms with Crippen LogP contribution < -0.4 is 0 Å². The molecule has 1 unspecified atom stereocenters. The van der Waals surface area contributed by atoms with Gasteiger partial charge in [-0.25, -0.2) is 0 Å². The number of hydrogen-bond donors (Lipinski definition) is 0. The van der Waals surface area contributed by atoms with Gasteiger partial charge in [0.2, 0.25) is 5.91 Å². The Morgan fingerprint density at radius 3 is 2.64 bits per heavy atom. The lowest BCUT2D eigenvalue weighted by atomic mass is 9.91. The monoisotopic (exact) mass is 430 g/mol. The molecule has 1 atom stereocenters. The topological polar surface area (TPSA) is 40.6 Å². The summed E-state index contributed by atoms with van der Waals surface area (Å²) in [7, 11) is 0. The van der Waals surface area contributed by atoms with Crippen molar-refractivity contribution in [2.75, 3.05) is 36.2 Å². The largest absolute Gasteiger partial charge is 0.339 e. The number of nitrogens with zero attached hydrogens (tertiary/aromatic N) is 2. The number of aryl methyl sites for hydroxylation is 2. The molecule has 2 saturated heterocycles. The van der Waals surface area contributed by atoms with Crippen molar-refractivity contribution in [1.82, 2.24) is 9.80 Å². The van der Waals surface area contributed by atoms with Crippen LogP contribution in [0.1, 0.15) is 20.8 Å². The number of fused-ring (bicyclic) bond motifs is 3. The van der Waals surface area contributed by atoms with Crippen LogP contribution in [0.25, 0.3) is 10.4 Å². The van der Waals surface area contributed by atoms with Crippen LogP contribution in [0.2, 0.25) is 0 Å². The van der Waals surface area contributed by atoms with Gasteiger partial charge < -0.3 is 9.80 Å². The Balaban J connectivity index is 1.39. The highest BCUT2D eigenvalue weighted by Gasteiger charge is 2.38. The Labute approximate surface area is 177 Å². The van der Waals surface area contributed by atoms with E-state index in [4.69, 9.17) is 0 Å². The van der Waals surface area contributed by atoms with Crippen molar-refractivity contribution in [2.45, 2.75) is 18.9 Å². The second-order valence-corrected chi connectivity index (χ2v) is 10.6. The van der Waals surface area contributed by atoms with E-state index in [1.54, 1.807) is 28.0 Å². The summed E-state index contributed by atoms with van der Waals surface area (Å²) in [6.45, 7) is 1.60. The fourth-order valence-electron chi connectivity index (χ4n) is 4.16. The van der Waals surface area contributed by atoms with Gasteiger partial charge in [0.05, 0.1) is 10.8 Å². The van der Waals surface area contributed by atoms with Crippen LogP contribution in [0.3, 0.4) is 0 Å². The molecule has 2 aliphatic heterocycles. The fourth-order valence-corrected chi connectivity index (χ4v) is 7.44. The molecule has 4 nitrogen and oxygen atoms in total. The summed E-state index contributed by atoms with van der Waals surface area (Å²) >= 11 is 5.17. The molecular weight excluding hydrogens is 408 g/mol. The molecule has 7 heteroatoms. The van der Waals surface area contributed by atoms with Crippen LogP contribution in [0.4, 0.5) is 0 Å². The van der Waals surface area contributed by atoms with Crippen molar-refractivity contribution in [3.63, 3.8) is 0 Å². The summed E-state index contributed by atoms with van der Waals surface area (Å²) in [5, 5.41) is 0. The summed E-state index contributed by atoms with van der Waals surface area (Å²) in [6.07, 6.45) is 2.01. The zero-order chi connectivity index (χ0) is 19.1. The average molecular weight is 431 g/mol. The van der Waals surface area contributed by atoms with Gasteiger partial charge >= 0.3 is 0 Å². The standard InChI is InChI=1S/C21H22N2O2S3/c24-20(22-7-9-26-10-8-22)17-12-27-13-23(17)21(25)18-11-15-6-5-14-3-1-2-4-16(14)19(15)28-18/h1-4,11,17H,5-10,12-13H2. The molecule has 3 aliphatic rings. The lowest BCUT2D eigenvalue weighted by Crippen LogP contribution is -2.51. The third kappa shape index (κ3) is 3.27. The van der Waals surface area contributed by atoms with E-state index in [2.05, 4.69) is 30.3 Å². The molecule has 28 heavy (non-hydrogen) atoms. The first-order valence-electron chi connectivity index (χ1n) is 9.68. The predicted molar refractivity (Wildman–Crippen MR) is 118 cm³/mol. The van der Waals surface area contributed by atoms with Gasteiger partial charge in [-0.2, -0.15) is 11.8 Å². The summed E-state index contributed by atoms with van der Waals surface area (Å²) < 4.78 is 0. The van der Waals surface area contributed by atoms with E-state index >= 15 is 0 Å². The average Bonchev–Trinajstić information content (AvgIpc) is 3.41. The summed E-state index contributed by atoms with van der Waals surface area (Å²) in [6, 6.07) is 10.2. The molecule has 1 aliphatic carbocycles. The Hall–Kier alpha value is -1.44. The van der Waals surface area contributed by atoms with Gasteiger partial charge in [0.1, 0.15) is 6.04 Å². The van der Waals surface area contributed by atoms with E-state index in [-0.39, 0.29) is 17.9 Å². The molecule has 0 spiro atoms. The molecule has 2 aromatic rings. The third-order valence-corrected chi connectivity index (χ3v) is 8.85. The van der Waals surface area contributed by atoms with Crippen LogP contribution in [0, 0.1) is 0 Å². The molecule has 1 aromatic carbocycles. The van der Waals surface area contributed by atoms with Crippen LogP contribution in [-0.2, 0) is 17.6 Å². The number of thioether (sulfide) groups is 2. The van der Waals surface area contributed by atoms with Crippen molar-refractivity contribution in [1.29, 1.82) is 0 Å². The Morgan fingerprint density at radius 2 is 1.79 bits per heavy atom. The first-order chi connectivity index (χ1) is 13.7. The first kappa shape index (κ1) is 18.6. The summed E-state index contributed by atoms with van der Waals surface area (Å²) in [5.74, 6) is 3.46. The zero-order valence-electron chi connectivity index (χ0n) is 15.6. The smallest absolute Gasteiger partial charge is 0.265 e. The number of rotatable bonds is 2. The van der Waals surface area contributed by atoms with E-state index in [1.165, 1.54) is 21.6 Å². The van der Waals surface area contributed by atoms with Crippen molar-refractivity contribution >= 4 is 46.7 Å². The molecule has 5 rings (SSSR count). The van der Waals surface area contributed by atoms with E-state index in [0.29, 0.717) is 11.6 Å². The molecule has 1 aromatic heterocycles. The minimum Gasteiger partial charge on any atom is -0.339 e. The molecule has 0 bridgehead atoms. The normalized spacial score (nSPS) is 21.4. The molecule has 2 amide bonds. The van der Waals surface area contributed by atoms with Crippen molar-refractivity contribution in [3.8, 4) is 10.4 Å². The van der Waals surface area contributed by atoms with Gasteiger partial charge in [0.15, 0.2) is 0 Å². The molecule has 0 saturated carbocycles. The van der Waals surface area contributed by atoms with E-state index in [0.717, 1.165) is 42.3 Å². The number of amides is 2. The minimum absolute atomic E-state index is 0.0200. The van der Waals surface area contributed by atoms with Gasteiger partial charge in [-0.3, -0.25) is 9.59 Å². The highest BCUT2D eigenvalue weighted by molar-refractivity contribution is 7.99. The lowest BCUT2D eigenvalue weighted by molar-refractivity contribution is -0.134. The quantitative estimate of drug-likeness (QED) is 0.730. The maximum absolute atomic E-state index is 13.3. The van der Waals surface area contributed by atoms with Gasteiger partial charge in [0, 0.05) is 35.2 Å². The van der Waals surface area contributed by atoms with Crippen LogP contribution in [0.5, 0.6) is 0 Å². The number of carbonyl (C=O) groups is 2. The SMILES string of the molecule is O=C(C1CSCN1C(=O)c1cc2c(s1)-c1ccccc1CC2)N1CCSCC1. The summed E-state index contributed by atoms with van der Waals surface area (Å²) in [5.41, 5.74) is 3.90. The van der Waals surface area contributed by atoms with Gasteiger partial charge in [-0.15, -0.1) is 23.1 Å². The second-order valence-electron chi connectivity index (χ2n) is 7.35. The van der Waals surface area contributed by atoms with Gasteiger partial charge in [-0.1, -0.05) is 24.3 Å². The Morgan fingerprint density at radius 1 is 1.00 bits per heavy atom. The molecule has 3 heterocycles. The van der Waals surface area contributed by atoms with Crippen LogP contribution in [-0.4, -0.2) is 63.9 Å². The molecule has 2 fully saturated rings. The van der Waals surface area contributed by atoms with E-state index in [1.807, 2.05) is 16.7 Å². The molecule has 0 radical (unpaired) electrons. The number of hydrogen-bond acceptors (Lipinski definition) is 5. The lowest BCUT2D eigenvalue weighted by Gasteiger charge is -2.31. The van der Waals surface area contributed by atoms with Crippen LogP contribution in [0.15, 0.2) is 30.3 Å². The highest BCUT2D eigenvalue weighted by atomic mass is 32.2. The first-order valence-corrected chi connectivity index (χ1v) is 12.8. The van der Waals surface area contributed by atoms with Gasteiger partial charge in [-0.05, 0) is 35.6 Å². The number of thiophene rings is 1. The maximum atomic E-state index is 13.3. The number of carbonyl (C=O) groups excluding carboxylic acids is 2. The maximum Gasteiger partial charge on any atom is 0.265 e. The number of benzene rings is 1. The van der Waals surface area contributed by atoms with Gasteiger partial charge in [0.25, 0.3) is 5.91 Å². The fraction of sp³-hybridized carbons (Fsp3) is 0.429. The van der Waals surface area contributed by atoms with Crippen molar-refractivity contribution < 1.29 is 9.59 Å².